The van der Waals surface area contributed by atoms with Crippen molar-refractivity contribution in [3.05, 3.63) is 59.9 Å². The number of sulfone groups is 1. The van der Waals surface area contributed by atoms with Gasteiger partial charge in [-0.2, -0.15) is 0 Å². The third kappa shape index (κ3) is 3.30. The summed E-state index contributed by atoms with van der Waals surface area (Å²) in [4.78, 5) is 19.7. The standard InChI is InChI=1S/C17H17N3O3S/c1-11(12-3-6-14(7-4-12)24(2,22)23)20-17(21)13-5-8-15-16(9-13)19-10-18-15/h3-11H,1-2H3,(H,18,19)(H,20,21). The lowest BCUT2D eigenvalue weighted by Crippen LogP contribution is -2.26. The van der Waals surface area contributed by atoms with Crippen LogP contribution in [0, 0.1) is 0 Å². The summed E-state index contributed by atoms with van der Waals surface area (Å²) in [6.07, 6.45) is 2.75. The lowest BCUT2D eigenvalue weighted by atomic mass is 10.1. The van der Waals surface area contributed by atoms with Crippen molar-refractivity contribution < 1.29 is 13.2 Å². The molecule has 3 rings (SSSR count). The van der Waals surface area contributed by atoms with Crippen LogP contribution in [0.4, 0.5) is 0 Å². The van der Waals surface area contributed by atoms with Crippen LogP contribution in [0.1, 0.15) is 28.9 Å². The number of hydrogen-bond donors (Lipinski definition) is 2. The number of H-pyrrole nitrogens is 1. The maximum absolute atomic E-state index is 12.4. The number of nitrogens with zero attached hydrogens (tertiary/aromatic N) is 1. The summed E-state index contributed by atoms with van der Waals surface area (Å²) in [6.45, 7) is 1.85. The smallest absolute Gasteiger partial charge is 0.251 e. The monoisotopic (exact) mass is 343 g/mol. The molecule has 0 bridgehead atoms. The quantitative estimate of drug-likeness (QED) is 0.761. The minimum atomic E-state index is -3.22. The van der Waals surface area contributed by atoms with E-state index in [1.165, 1.54) is 6.26 Å². The van der Waals surface area contributed by atoms with E-state index in [0.29, 0.717) is 5.56 Å². The van der Waals surface area contributed by atoms with Gasteiger partial charge in [0.05, 0.1) is 28.3 Å². The van der Waals surface area contributed by atoms with Crippen LogP contribution in [0.25, 0.3) is 11.0 Å². The molecule has 0 aliphatic rings. The van der Waals surface area contributed by atoms with Crippen molar-refractivity contribution in [2.45, 2.75) is 17.9 Å². The highest BCUT2D eigenvalue weighted by molar-refractivity contribution is 7.90. The number of fused-ring (bicyclic) bond motifs is 1. The van der Waals surface area contributed by atoms with Crippen LogP contribution < -0.4 is 5.32 Å². The molecule has 1 unspecified atom stereocenters. The van der Waals surface area contributed by atoms with E-state index in [1.807, 2.05) is 6.92 Å². The first-order chi connectivity index (χ1) is 11.3. The van der Waals surface area contributed by atoms with Gasteiger partial charge >= 0.3 is 0 Å². The van der Waals surface area contributed by atoms with Crippen LogP contribution in [0.5, 0.6) is 0 Å². The number of carbonyl (C=O) groups is 1. The number of carbonyl (C=O) groups excluding carboxylic acids is 1. The van der Waals surface area contributed by atoms with Crippen LogP contribution in [0.2, 0.25) is 0 Å². The fraction of sp³-hybridized carbons (Fsp3) is 0.176. The molecule has 2 aromatic carbocycles. The summed E-state index contributed by atoms with van der Waals surface area (Å²) in [5, 5.41) is 2.90. The van der Waals surface area contributed by atoms with Crippen molar-refractivity contribution in [3.8, 4) is 0 Å². The zero-order valence-electron chi connectivity index (χ0n) is 13.3. The molecule has 0 aliphatic heterocycles. The fourth-order valence-electron chi connectivity index (χ4n) is 2.44. The Labute approximate surface area is 139 Å². The largest absolute Gasteiger partial charge is 0.346 e. The summed E-state index contributed by atoms with van der Waals surface area (Å²) >= 11 is 0. The summed E-state index contributed by atoms with van der Waals surface area (Å²) in [7, 11) is -3.22. The molecule has 0 saturated heterocycles. The predicted octanol–water partition coefficient (Wildman–Crippen LogP) is 2.46. The van der Waals surface area contributed by atoms with Crippen LogP contribution >= 0.6 is 0 Å². The highest BCUT2D eigenvalue weighted by atomic mass is 32.2. The summed E-state index contributed by atoms with van der Waals surface area (Å²) < 4.78 is 23.0. The molecule has 6 nitrogen and oxygen atoms in total. The maximum atomic E-state index is 12.4. The van der Waals surface area contributed by atoms with Crippen molar-refractivity contribution in [1.82, 2.24) is 15.3 Å². The summed E-state index contributed by atoms with van der Waals surface area (Å²) in [6, 6.07) is 11.5. The third-order valence-electron chi connectivity index (χ3n) is 3.84. The number of aromatic nitrogens is 2. The van der Waals surface area contributed by atoms with Crippen LogP contribution in [-0.2, 0) is 9.84 Å². The fourth-order valence-corrected chi connectivity index (χ4v) is 3.07. The molecular weight excluding hydrogens is 326 g/mol. The van der Waals surface area contributed by atoms with Gasteiger partial charge in [-0.25, -0.2) is 13.4 Å². The Morgan fingerprint density at radius 2 is 1.88 bits per heavy atom. The third-order valence-corrected chi connectivity index (χ3v) is 4.97. The van der Waals surface area contributed by atoms with E-state index < -0.39 is 9.84 Å². The van der Waals surface area contributed by atoms with Gasteiger partial charge in [0, 0.05) is 11.8 Å². The average molecular weight is 343 g/mol. The average Bonchev–Trinajstić information content (AvgIpc) is 3.01. The number of hydrogen-bond acceptors (Lipinski definition) is 4. The molecule has 0 fully saturated rings. The van der Waals surface area contributed by atoms with Gasteiger partial charge in [-0.1, -0.05) is 12.1 Å². The van der Waals surface area contributed by atoms with E-state index in [9.17, 15) is 13.2 Å². The minimum absolute atomic E-state index is 0.203. The van der Waals surface area contributed by atoms with Gasteiger partial charge in [0.1, 0.15) is 0 Å². The lowest BCUT2D eigenvalue weighted by molar-refractivity contribution is 0.0940. The highest BCUT2D eigenvalue weighted by Crippen LogP contribution is 2.18. The van der Waals surface area contributed by atoms with Gasteiger partial charge in [0.2, 0.25) is 0 Å². The molecule has 124 valence electrons. The van der Waals surface area contributed by atoms with Crippen molar-refractivity contribution in [2.24, 2.45) is 0 Å². The second-order valence-corrected chi connectivity index (χ2v) is 7.69. The Balaban J connectivity index is 1.75. The van der Waals surface area contributed by atoms with Gasteiger partial charge < -0.3 is 10.3 Å². The van der Waals surface area contributed by atoms with Crippen LogP contribution in [0.3, 0.4) is 0 Å². The number of amides is 1. The molecule has 0 spiro atoms. The number of nitrogens with one attached hydrogen (secondary N) is 2. The first-order valence-electron chi connectivity index (χ1n) is 7.38. The van der Waals surface area contributed by atoms with E-state index in [0.717, 1.165) is 16.6 Å². The van der Waals surface area contributed by atoms with Crippen LogP contribution in [-0.4, -0.2) is 30.5 Å². The van der Waals surface area contributed by atoms with Crippen LogP contribution in [0.15, 0.2) is 53.7 Å². The van der Waals surface area contributed by atoms with Gasteiger partial charge in [-0.3, -0.25) is 4.79 Å². The summed E-state index contributed by atoms with van der Waals surface area (Å²) in [5.74, 6) is -0.203. The van der Waals surface area contributed by atoms with Gasteiger partial charge in [0.25, 0.3) is 5.91 Å². The lowest BCUT2D eigenvalue weighted by Gasteiger charge is -2.15. The second-order valence-electron chi connectivity index (χ2n) is 5.67. The zero-order chi connectivity index (χ0) is 17.3. The Bertz CT molecular complexity index is 991. The van der Waals surface area contributed by atoms with Crippen molar-refractivity contribution in [3.63, 3.8) is 0 Å². The number of benzene rings is 2. The SMILES string of the molecule is CC(NC(=O)c1ccc2nc[nH]c2c1)c1ccc(S(C)(=O)=O)cc1. The topological polar surface area (TPSA) is 91.9 Å². The summed E-state index contributed by atoms with van der Waals surface area (Å²) in [5.41, 5.74) is 2.97. The molecule has 7 heteroatoms. The first-order valence-corrected chi connectivity index (χ1v) is 9.28. The second kappa shape index (κ2) is 6.09. The normalized spacial score (nSPS) is 12.9. The van der Waals surface area contributed by atoms with Gasteiger partial charge in [0.15, 0.2) is 9.84 Å². The number of rotatable bonds is 4. The molecule has 1 aromatic heterocycles. The molecule has 3 aromatic rings. The Morgan fingerprint density at radius 3 is 2.54 bits per heavy atom. The number of aromatic amines is 1. The van der Waals surface area contributed by atoms with Gasteiger partial charge in [-0.05, 0) is 42.8 Å². The molecule has 2 N–H and O–H groups in total. The zero-order valence-corrected chi connectivity index (χ0v) is 14.1. The Morgan fingerprint density at radius 1 is 1.17 bits per heavy atom. The molecule has 0 saturated carbocycles. The highest BCUT2D eigenvalue weighted by Gasteiger charge is 2.13. The van der Waals surface area contributed by atoms with E-state index in [1.54, 1.807) is 48.8 Å². The molecule has 0 aliphatic carbocycles. The predicted molar refractivity (Wildman–Crippen MR) is 91.5 cm³/mol. The van der Waals surface area contributed by atoms with E-state index >= 15 is 0 Å². The molecule has 0 radical (unpaired) electrons. The van der Waals surface area contributed by atoms with E-state index in [-0.39, 0.29) is 16.8 Å². The first kappa shape index (κ1) is 16.2. The molecular formula is C17H17N3O3S. The van der Waals surface area contributed by atoms with Gasteiger partial charge in [-0.15, -0.1) is 0 Å². The Kier molecular flexibility index (Phi) is 4.11. The minimum Gasteiger partial charge on any atom is -0.346 e. The maximum Gasteiger partial charge on any atom is 0.251 e. The molecule has 1 amide bonds. The molecule has 1 heterocycles. The molecule has 1 atom stereocenters. The number of imidazole rings is 1. The molecule has 24 heavy (non-hydrogen) atoms. The van der Waals surface area contributed by atoms with Crippen molar-refractivity contribution in [2.75, 3.05) is 6.26 Å². The van der Waals surface area contributed by atoms with Crippen molar-refractivity contribution in [1.29, 1.82) is 0 Å². The van der Waals surface area contributed by atoms with Crippen molar-refractivity contribution >= 4 is 26.8 Å². The van der Waals surface area contributed by atoms with E-state index in [2.05, 4.69) is 15.3 Å². The van der Waals surface area contributed by atoms with E-state index in [4.69, 9.17) is 0 Å². The Hall–Kier alpha value is -2.67.